The fourth-order valence-electron chi connectivity index (χ4n) is 1.53. The Bertz CT molecular complexity index is 430. The Balaban J connectivity index is 2.37. The molecule has 1 aromatic carbocycles. The Kier molecular flexibility index (Phi) is 3.24. The minimum Gasteiger partial charge on any atom is -0.383 e. The molecule has 0 amide bonds. The summed E-state index contributed by atoms with van der Waals surface area (Å²) in [6.45, 7) is 2.02. The minimum absolute atomic E-state index is 0.513. The first-order valence-electron chi connectivity index (χ1n) is 4.65. The van der Waals surface area contributed by atoms with Crippen molar-refractivity contribution in [2.45, 2.75) is 13.0 Å². The molecule has 0 saturated carbocycles. The fourth-order valence-corrected chi connectivity index (χ4v) is 2.90. The van der Waals surface area contributed by atoms with E-state index in [2.05, 4.69) is 15.9 Å². The van der Waals surface area contributed by atoms with Gasteiger partial charge in [0.2, 0.25) is 0 Å². The maximum Gasteiger partial charge on any atom is 0.113 e. The maximum absolute atomic E-state index is 10.1. The molecule has 1 aromatic heterocycles. The molecule has 0 aliphatic carbocycles. The fraction of sp³-hybridized carbons (Fsp3) is 0.167. The summed E-state index contributed by atoms with van der Waals surface area (Å²) >= 11 is 5.01. The van der Waals surface area contributed by atoms with Crippen LogP contribution in [0.25, 0.3) is 0 Å². The van der Waals surface area contributed by atoms with E-state index in [0.717, 1.165) is 20.5 Å². The van der Waals surface area contributed by atoms with E-state index in [0.29, 0.717) is 0 Å². The third kappa shape index (κ3) is 2.48. The zero-order chi connectivity index (χ0) is 10.8. The molecule has 0 fully saturated rings. The van der Waals surface area contributed by atoms with Crippen LogP contribution >= 0.6 is 27.3 Å². The second-order valence-corrected chi connectivity index (χ2v) is 5.37. The number of aliphatic hydroxyl groups excluding tert-OH is 1. The molecular formula is C12H11BrOS. The Labute approximate surface area is 102 Å². The van der Waals surface area contributed by atoms with E-state index in [1.807, 2.05) is 42.6 Å². The number of halogens is 1. The molecule has 1 N–H and O–H groups in total. The summed E-state index contributed by atoms with van der Waals surface area (Å²) < 4.78 is 1.01. The van der Waals surface area contributed by atoms with Crippen LogP contribution in [-0.2, 0) is 0 Å². The largest absolute Gasteiger partial charge is 0.383 e. The van der Waals surface area contributed by atoms with Crippen molar-refractivity contribution >= 4 is 27.3 Å². The smallest absolute Gasteiger partial charge is 0.113 e. The zero-order valence-corrected chi connectivity index (χ0v) is 10.7. The first kappa shape index (κ1) is 10.9. The maximum atomic E-state index is 10.1. The van der Waals surface area contributed by atoms with Gasteiger partial charge in [0, 0.05) is 9.35 Å². The van der Waals surface area contributed by atoms with Crippen molar-refractivity contribution in [3.63, 3.8) is 0 Å². The van der Waals surface area contributed by atoms with Gasteiger partial charge in [0.05, 0.1) is 0 Å². The quantitative estimate of drug-likeness (QED) is 0.886. The lowest BCUT2D eigenvalue weighted by atomic mass is 10.1. The average molecular weight is 283 g/mol. The highest BCUT2D eigenvalue weighted by Crippen LogP contribution is 2.28. The van der Waals surface area contributed by atoms with E-state index in [9.17, 15) is 5.11 Å². The van der Waals surface area contributed by atoms with E-state index in [-0.39, 0.29) is 0 Å². The molecule has 1 atom stereocenters. The normalized spacial score (nSPS) is 12.7. The first-order chi connectivity index (χ1) is 7.16. The van der Waals surface area contributed by atoms with Crippen LogP contribution in [0.1, 0.15) is 22.1 Å². The number of rotatable bonds is 2. The van der Waals surface area contributed by atoms with Gasteiger partial charge in [-0.3, -0.25) is 0 Å². The lowest BCUT2D eigenvalue weighted by Gasteiger charge is -2.10. The Hall–Kier alpha value is -0.640. The van der Waals surface area contributed by atoms with Crippen LogP contribution in [0.4, 0.5) is 0 Å². The third-order valence-electron chi connectivity index (χ3n) is 2.19. The molecule has 0 spiro atoms. The summed E-state index contributed by atoms with van der Waals surface area (Å²) in [5, 5.41) is 12.1. The molecule has 0 bridgehead atoms. The lowest BCUT2D eigenvalue weighted by Crippen LogP contribution is -1.97. The van der Waals surface area contributed by atoms with Gasteiger partial charge in [-0.2, -0.15) is 0 Å². The molecular weight excluding hydrogens is 272 g/mol. The molecule has 2 rings (SSSR count). The van der Waals surface area contributed by atoms with Crippen LogP contribution in [0.15, 0.2) is 40.2 Å². The molecule has 1 heterocycles. The third-order valence-corrected chi connectivity index (χ3v) is 3.58. The average Bonchev–Trinajstić information content (AvgIpc) is 2.67. The first-order valence-corrected chi connectivity index (χ1v) is 6.32. The van der Waals surface area contributed by atoms with Crippen LogP contribution in [0, 0.1) is 6.92 Å². The van der Waals surface area contributed by atoms with Crippen molar-refractivity contribution in [2.24, 2.45) is 0 Å². The van der Waals surface area contributed by atoms with Crippen molar-refractivity contribution in [1.29, 1.82) is 0 Å². The number of benzene rings is 1. The van der Waals surface area contributed by atoms with Gasteiger partial charge in [-0.05, 0) is 41.6 Å². The molecule has 0 aliphatic heterocycles. The van der Waals surface area contributed by atoms with E-state index in [1.54, 1.807) is 11.3 Å². The predicted octanol–water partition coefficient (Wildman–Crippen LogP) is 3.90. The molecule has 1 nitrogen and oxygen atoms in total. The van der Waals surface area contributed by atoms with Gasteiger partial charge < -0.3 is 5.11 Å². The van der Waals surface area contributed by atoms with E-state index in [4.69, 9.17) is 0 Å². The lowest BCUT2D eigenvalue weighted by molar-refractivity contribution is 0.224. The van der Waals surface area contributed by atoms with Crippen LogP contribution in [0.2, 0.25) is 0 Å². The molecule has 0 radical (unpaired) electrons. The van der Waals surface area contributed by atoms with E-state index >= 15 is 0 Å². The van der Waals surface area contributed by atoms with Crippen molar-refractivity contribution in [1.82, 2.24) is 0 Å². The van der Waals surface area contributed by atoms with Gasteiger partial charge in [0.25, 0.3) is 0 Å². The monoisotopic (exact) mass is 282 g/mol. The summed E-state index contributed by atoms with van der Waals surface area (Å²) in [5.74, 6) is 0. The van der Waals surface area contributed by atoms with Gasteiger partial charge in [0.1, 0.15) is 6.10 Å². The van der Waals surface area contributed by atoms with Gasteiger partial charge in [-0.15, -0.1) is 11.3 Å². The molecule has 2 aromatic rings. The highest BCUT2D eigenvalue weighted by Gasteiger charge is 2.11. The van der Waals surface area contributed by atoms with Crippen LogP contribution in [0.3, 0.4) is 0 Å². The van der Waals surface area contributed by atoms with Gasteiger partial charge in [-0.25, -0.2) is 0 Å². The topological polar surface area (TPSA) is 20.2 Å². The number of aliphatic hydroxyl groups is 1. The van der Waals surface area contributed by atoms with Crippen LogP contribution in [0.5, 0.6) is 0 Å². The molecule has 3 heteroatoms. The van der Waals surface area contributed by atoms with Crippen LogP contribution in [-0.4, -0.2) is 5.11 Å². The summed E-state index contributed by atoms with van der Waals surface area (Å²) in [6, 6.07) is 9.90. The van der Waals surface area contributed by atoms with E-state index in [1.165, 1.54) is 0 Å². The van der Waals surface area contributed by atoms with E-state index < -0.39 is 6.10 Å². The second-order valence-electron chi connectivity index (χ2n) is 3.48. The highest BCUT2D eigenvalue weighted by atomic mass is 79.9. The molecule has 15 heavy (non-hydrogen) atoms. The second kappa shape index (κ2) is 4.47. The predicted molar refractivity (Wildman–Crippen MR) is 67.3 cm³/mol. The summed E-state index contributed by atoms with van der Waals surface area (Å²) in [4.78, 5) is 0.979. The summed E-state index contributed by atoms with van der Waals surface area (Å²) in [6.07, 6.45) is -0.513. The Morgan fingerprint density at radius 1 is 1.33 bits per heavy atom. The summed E-state index contributed by atoms with van der Waals surface area (Å²) in [5.41, 5.74) is 2.08. The standard InChI is InChI=1S/C12H11BrOS/c1-8-5-9(7-10(13)6-8)12(14)11-3-2-4-15-11/h2-7,12,14H,1H3. The van der Waals surface area contributed by atoms with Crippen molar-refractivity contribution < 1.29 is 5.11 Å². The molecule has 78 valence electrons. The Morgan fingerprint density at radius 2 is 2.13 bits per heavy atom. The minimum atomic E-state index is -0.513. The number of thiophene rings is 1. The number of aryl methyl sites for hydroxylation is 1. The highest BCUT2D eigenvalue weighted by molar-refractivity contribution is 9.10. The van der Waals surface area contributed by atoms with Gasteiger partial charge in [0.15, 0.2) is 0 Å². The van der Waals surface area contributed by atoms with Crippen molar-refractivity contribution in [3.8, 4) is 0 Å². The van der Waals surface area contributed by atoms with Crippen LogP contribution < -0.4 is 0 Å². The molecule has 0 aliphatic rings. The molecule has 0 saturated heterocycles. The Morgan fingerprint density at radius 3 is 2.73 bits per heavy atom. The zero-order valence-electron chi connectivity index (χ0n) is 8.27. The van der Waals surface area contributed by atoms with Crippen molar-refractivity contribution in [2.75, 3.05) is 0 Å². The van der Waals surface area contributed by atoms with Gasteiger partial charge in [-0.1, -0.05) is 28.1 Å². The summed E-state index contributed by atoms with van der Waals surface area (Å²) in [7, 11) is 0. The number of hydrogen-bond donors (Lipinski definition) is 1. The SMILES string of the molecule is Cc1cc(Br)cc(C(O)c2cccs2)c1. The van der Waals surface area contributed by atoms with Crippen molar-refractivity contribution in [3.05, 3.63) is 56.2 Å². The van der Waals surface area contributed by atoms with Gasteiger partial charge >= 0.3 is 0 Å². The molecule has 1 unspecified atom stereocenters. The number of hydrogen-bond acceptors (Lipinski definition) is 2.